The van der Waals surface area contributed by atoms with Crippen LogP contribution in [-0.2, 0) is 6.18 Å². The first-order valence-corrected chi connectivity index (χ1v) is 3.76. The highest BCUT2D eigenvalue weighted by molar-refractivity contribution is 5.52. The molecule has 0 unspecified atom stereocenters. The fraction of sp³-hybridized carbons (Fsp3) is 0.333. The second-order valence-electron chi connectivity index (χ2n) is 3.01. The van der Waals surface area contributed by atoms with Gasteiger partial charge in [0.25, 0.3) is 0 Å². The third kappa shape index (κ3) is 1.94. The van der Waals surface area contributed by atoms with Gasteiger partial charge in [0, 0.05) is 5.69 Å². The molecule has 0 aliphatic rings. The summed E-state index contributed by atoms with van der Waals surface area (Å²) in [5.74, 6) is 0. The van der Waals surface area contributed by atoms with Crippen molar-refractivity contribution in [3.8, 4) is 0 Å². The molecule has 1 rings (SSSR count). The van der Waals surface area contributed by atoms with Crippen molar-refractivity contribution in [3.05, 3.63) is 28.8 Å². The number of rotatable bonds is 0. The van der Waals surface area contributed by atoms with Crippen LogP contribution in [0.3, 0.4) is 0 Å². The molecule has 0 aliphatic heterocycles. The number of benzene rings is 1. The quantitative estimate of drug-likeness (QED) is 0.624. The summed E-state index contributed by atoms with van der Waals surface area (Å²) >= 11 is 0. The molecular formula is C9H10F3N. The molecule has 1 nitrogen and oxygen atoms in total. The molecule has 0 spiro atoms. The summed E-state index contributed by atoms with van der Waals surface area (Å²) < 4.78 is 36.7. The standard InChI is InChI=1S/C9H10F3N/c1-5-3-7(9(10,11)12)4-8(13)6(5)2/h3-4H,13H2,1-2H3. The van der Waals surface area contributed by atoms with Gasteiger partial charge in [0.15, 0.2) is 0 Å². The molecule has 0 fully saturated rings. The van der Waals surface area contributed by atoms with E-state index in [0.717, 1.165) is 12.1 Å². The van der Waals surface area contributed by atoms with Crippen molar-refractivity contribution in [2.24, 2.45) is 0 Å². The van der Waals surface area contributed by atoms with E-state index in [-0.39, 0.29) is 5.69 Å². The van der Waals surface area contributed by atoms with Crippen LogP contribution in [0.5, 0.6) is 0 Å². The number of hydrogen-bond donors (Lipinski definition) is 1. The molecule has 72 valence electrons. The van der Waals surface area contributed by atoms with Crippen LogP contribution in [0.1, 0.15) is 16.7 Å². The van der Waals surface area contributed by atoms with Crippen molar-refractivity contribution >= 4 is 5.69 Å². The number of nitrogen functional groups attached to an aromatic ring is 1. The Kier molecular flexibility index (Phi) is 2.24. The van der Waals surface area contributed by atoms with Gasteiger partial charge in [-0.3, -0.25) is 0 Å². The maximum Gasteiger partial charge on any atom is 0.416 e. The van der Waals surface area contributed by atoms with E-state index in [0.29, 0.717) is 11.1 Å². The van der Waals surface area contributed by atoms with Gasteiger partial charge in [0.1, 0.15) is 0 Å². The van der Waals surface area contributed by atoms with E-state index in [9.17, 15) is 13.2 Å². The van der Waals surface area contributed by atoms with Crippen LogP contribution in [0.15, 0.2) is 12.1 Å². The SMILES string of the molecule is Cc1cc(C(F)(F)F)cc(N)c1C. The van der Waals surface area contributed by atoms with Crippen LogP contribution < -0.4 is 5.73 Å². The minimum Gasteiger partial charge on any atom is -0.398 e. The predicted molar refractivity (Wildman–Crippen MR) is 45.3 cm³/mol. The Morgan fingerprint density at radius 3 is 2.08 bits per heavy atom. The number of hydrogen-bond acceptors (Lipinski definition) is 1. The third-order valence-corrected chi connectivity index (χ3v) is 2.03. The topological polar surface area (TPSA) is 26.0 Å². The van der Waals surface area contributed by atoms with Crippen molar-refractivity contribution in [2.75, 3.05) is 5.73 Å². The summed E-state index contributed by atoms with van der Waals surface area (Å²) in [4.78, 5) is 0. The minimum atomic E-state index is -4.31. The van der Waals surface area contributed by atoms with Crippen molar-refractivity contribution < 1.29 is 13.2 Å². The lowest BCUT2D eigenvalue weighted by Gasteiger charge is -2.11. The van der Waals surface area contributed by atoms with Gasteiger partial charge < -0.3 is 5.73 Å². The van der Waals surface area contributed by atoms with Crippen LogP contribution in [0, 0.1) is 13.8 Å². The van der Waals surface area contributed by atoms with E-state index in [1.54, 1.807) is 13.8 Å². The summed E-state index contributed by atoms with van der Waals surface area (Å²) in [6.45, 7) is 3.31. The highest BCUT2D eigenvalue weighted by atomic mass is 19.4. The van der Waals surface area contributed by atoms with Gasteiger partial charge in [0.05, 0.1) is 5.56 Å². The molecule has 0 saturated heterocycles. The molecule has 0 atom stereocenters. The van der Waals surface area contributed by atoms with E-state index in [2.05, 4.69) is 0 Å². The zero-order valence-electron chi connectivity index (χ0n) is 7.37. The fourth-order valence-corrected chi connectivity index (χ4v) is 1.05. The van der Waals surface area contributed by atoms with Gasteiger partial charge >= 0.3 is 6.18 Å². The second-order valence-corrected chi connectivity index (χ2v) is 3.01. The van der Waals surface area contributed by atoms with E-state index in [1.807, 2.05) is 0 Å². The molecule has 1 aromatic rings. The van der Waals surface area contributed by atoms with Gasteiger partial charge in [-0.15, -0.1) is 0 Å². The first kappa shape index (κ1) is 9.89. The van der Waals surface area contributed by atoms with E-state index < -0.39 is 11.7 Å². The van der Waals surface area contributed by atoms with E-state index in [1.165, 1.54) is 0 Å². The monoisotopic (exact) mass is 189 g/mol. The summed E-state index contributed by atoms with van der Waals surface area (Å²) in [7, 11) is 0. The lowest BCUT2D eigenvalue weighted by molar-refractivity contribution is -0.137. The fourth-order valence-electron chi connectivity index (χ4n) is 1.05. The molecule has 13 heavy (non-hydrogen) atoms. The average molecular weight is 189 g/mol. The van der Waals surface area contributed by atoms with Crippen LogP contribution in [0.2, 0.25) is 0 Å². The zero-order chi connectivity index (χ0) is 10.2. The van der Waals surface area contributed by atoms with Crippen LogP contribution >= 0.6 is 0 Å². The first-order chi connectivity index (χ1) is 5.82. The van der Waals surface area contributed by atoms with Crippen LogP contribution in [-0.4, -0.2) is 0 Å². The Morgan fingerprint density at radius 2 is 1.69 bits per heavy atom. The Morgan fingerprint density at radius 1 is 1.15 bits per heavy atom. The van der Waals surface area contributed by atoms with Gasteiger partial charge in [-0.05, 0) is 37.1 Å². The number of alkyl halides is 3. The van der Waals surface area contributed by atoms with Crippen molar-refractivity contribution in [3.63, 3.8) is 0 Å². The number of anilines is 1. The number of nitrogens with two attached hydrogens (primary N) is 1. The molecule has 0 aliphatic carbocycles. The van der Waals surface area contributed by atoms with E-state index in [4.69, 9.17) is 5.73 Å². The normalized spacial score (nSPS) is 11.8. The van der Waals surface area contributed by atoms with Crippen LogP contribution in [0.4, 0.5) is 18.9 Å². The summed E-state index contributed by atoms with van der Waals surface area (Å²) in [6, 6.07) is 2.06. The average Bonchev–Trinajstić information content (AvgIpc) is 1.97. The van der Waals surface area contributed by atoms with Gasteiger partial charge in [-0.2, -0.15) is 13.2 Å². The first-order valence-electron chi connectivity index (χ1n) is 3.76. The maximum absolute atomic E-state index is 12.2. The Balaban J connectivity index is 3.29. The lowest BCUT2D eigenvalue weighted by Crippen LogP contribution is -2.07. The molecule has 0 aromatic heterocycles. The highest BCUT2D eigenvalue weighted by Gasteiger charge is 2.31. The second kappa shape index (κ2) is 2.94. The molecule has 1 aromatic carbocycles. The van der Waals surface area contributed by atoms with Crippen molar-refractivity contribution in [1.82, 2.24) is 0 Å². The number of aryl methyl sites for hydroxylation is 1. The molecule has 0 radical (unpaired) electrons. The van der Waals surface area contributed by atoms with Crippen LogP contribution in [0.25, 0.3) is 0 Å². The lowest BCUT2D eigenvalue weighted by atomic mass is 10.0. The minimum absolute atomic E-state index is 0.187. The molecule has 0 heterocycles. The molecule has 0 saturated carbocycles. The predicted octanol–water partition coefficient (Wildman–Crippen LogP) is 2.90. The smallest absolute Gasteiger partial charge is 0.398 e. The molecule has 4 heteroatoms. The largest absolute Gasteiger partial charge is 0.416 e. The van der Waals surface area contributed by atoms with Crippen molar-refractivity contribution in [1.29, 1.82) is 0 Å². The number of halogens is 3. The molecular weight excluding hydrogens is 179 g/mol. The van der Waals surface area contributed by atoms with Crippen molar-refractivity contribution in [2.45, 2.75) is 20.0 Å². The zero-order valence-corrected chi connectivity index (χ0v) is 7.37. The summed E-state index contributed by atoms with van der Waals surface area (Å²) in [5.41, 5.74) is 6.18. The molecule has 0 amide bonds. The summed E-state index contributed by atoms with van der Waals surface area (Å²) in [5, 5.41) is 0. The Hall–Kier alpha value is -1.19. The molecule has 2 N–H and O–H groups in total. The Labute approximate surface area is 74.4 Å². The highest BCUT2D eigenvalue weighted by Crippen LogP contribution is 2.32. The molecule has 0 bridgehead atoms. The Bertz CT molecular complexity index is 305. The van der Waals surface area contributed by atoms with E-state index >= 15 is 0 Å². The third-order valence-electron chi connectivity index (χ3n) is 2.03. The summed E-state index contributed by atoms with van der Waals surface area (Å²) in [6.07, 6.45) is -4.31. The van der Waals surface area contributed by atoms with Gasteiger partial charge in [-0.25, -0.2) is 0 Å². The van der Waals surface area contributed by atoms with Gasteiger partial charge in [-0.1, -0.05) is 0 Å². The van der Waals surface area contributed by atoms with Gasteiger partial charge in [0.2, 0.25) is 0 Å². The maximum atomic E-state index is 12.2.